The molecule has 5 nitrogen and oxygen atoms in total. The first-order valence-corrected chi connectivity index (χ1v) is 7.83. The molecular formula is C17H27ClN2O3. The van der Waals surface area contributed by atoms with Gasteiger partial charge in [0.05, 0.1) is 19.1 Å². The first kappa shape index (κ1) is 19.6. The molecule has 1 saturated heterocycles. The fourth-order valence-electron chi connectivity index (χ4n) is 2.65. The number of carbonyl (C=O) groups excluding carboxylic acids is 1. The van der Waals surface area contributed by atoms with Crippen molar-refractivity contribution >= 4 is 18.3 Å². The molecule has 0 saturated carbocycles. The first-order chi connectivity index (χ1) is 10.5. The van der Waals surface area contributed by atoms with Crippen LogP contribution in [-0.4, -0.2) is 38.8 Å². The number of hydrogen-bond acceptors (Lipinski definition) is 4. The molecule has 2 atom stereocenters. The van der Waals surface area contributed by atoms with Gasteiger partial charge in [0.25, 0.3) is 0 Å². The quantitative estimate of drug-likeness (QED) is 0.833. The van der Waals surface area contributed by atoms with Crippen molar-refractivity contribution in [3.05, 3.63) is 24.3 Å². The number of carbonyl (C=O) groups is 1. The van der Waals surface area contributed by atoms with Crippen LogP contribution < -0.4 is 20.1 Å². The summed E-state index contributed by atoms with van der Waals surface area (Å²) >= 11 is 0. The summed E-state index contributed by atoms with van der Waals surface area (Å²) in [6.07, 6.45) is 1.87. The molecule has 23 heavy (non-hydrogen) atoms. The van der Waals surface area contributed by atoms with Crippen molar-refractivity contribution in [2.75, 3.05) is 26.7 Å². The maximum absolute atomic E-state index is 12.4. The Bertz CT molecular complexity index is 504. The van der Waals surface area contributed by atoms with Crippen LogP contribution in [0.3, 0.4) is 0 Å². The lowest BCUT2D eigenvalue weighted by Gasteiger charge is -2.33. The summed E-state index contributed by atoms with van der Waals surface area (Å²) < 4.78 is 11.0. The van der Waals surface area contributed by atoms with Crippen LogP contribution in [0.2, 0.25) is 0 Å². The Morgan fingerprint density at radius 2 is 2.17 bits per heavy atom. The monoisotopic (exact) mass is 342 g/mol. The van der Waals surface area contributed by atoms with Gasteiger partial charge in [-0.25, -0.2) is 0 Å². The molecule has 1 aromatic carbocycles. The maximum atomic E-state index is 12.4. The van der Waals surface area contributed by atoms with Crippen molar-refractivity contribution in [2.45, 2.75) is 32.8 Å². The molecule has 1 fully saturated rings. The molecule has 1 aliphatic heterocycles. The van der Waals surface area contributed by atoms with E-state index in [0.717, 1.165) is 37.4 Å². The largest absolute Gasteiger partial charge is 0.497 e. The minimum absolute atomic E-state index is 0. The minimum Gasteiger partial charge on any atom is -0.497 e. The SMILES string of the molecule is COc1cccc(OC(C)CNC(=O)C2(C)CCCNC2)c1.Cl. The molecule has 0 bridgehead atoms. The normalized spacial score (nSPS) is 21.7. The topological polar surface area (TPSA) is 59.6 Å². The van der Waals surface area contributed by atoms with Crippen LogP contribution >= 0.6 is 12.4 Å². The number of amides is 1. The second-order valence-electron chi connectivity index (χ2n) is 6.16. The van der Waals surface area contributed by atoms with E-state index in [4.69, 9.17) is 9.47 Å². The van der Waals surface area contributed by atoms with Gasteiger partial charge < -0.3 is 20.1 Å². The van der Waals surface area contributed by atoms with Gasteiger partial charge in [0.2, 0.25) is 5.91 Å². The molecule has 1 heterocycles. The van der Waals surface area contributed by atoms with Crippen LogP contribution in [0.15, 0.2) is 24.3 Å². The lowest BCUT2D eigenvalue weighted by atomic mass is 9.82. The van der Waals surface area contributed by atoms with Crippen molar-refractivity contribution in [3.8, 4) is 11.5 Å². The number of benzene rings is 1. The zero-order chi connectivity index (χ0) is 16.0. The van der Waals surface area contributed by atoms with E-state index in [9.17, 15) is 4.79 Å². The third-order valence-corrected chi connectivity index (χ3v) is 4.07. The second-order valence-corrected chi connectivity index (χ2v) is 6.16. The molecule has 6 heteroatoms. The first-order valence-electron chi connectivity index (χ1n) is 7.83. The number of ether oxygens (including phenoxy) is 2. The van der Waals surface area contributed by atoms with Gasteiger partial charge in [-0.2, -0.15) is 0 Å². The molecule has 1 aliphatic rings. The molecule has 1 aromatic rings. The highest BCUT2D eigenvalue weighted by Crippen LogP contribution is 2.25. The summed E-state index contributed by atoms with van der Waals surface area (Å²) in [6.45, 7) is 6.19. The average molecular weight is 343 g/mol. The Balaban J connectivity index is 0.00000264. The average Bonchev–Trinajstić information content (AvgIpc) is 2.53. The van der Waals surface area contributed by atoms with E-state index in [1.807, 2.05) is 38.1 Å². The zero-order valence-corrected chi connectivity index (χ0v) is 14.9. The van der Waals surface area contributed by atoms with Gasteiger partial charge in [0.15, 0.2) is 0 Å². The Morgan fingerprint density at radius 3 is 2.83 bits per heavy atom. The summed E-state index contributed by atoms with van der Waals surface area (Å²) in [5.74, 6) is 1.60. The maximum Gasteiger partial charge on any atom is 0.227 e. The smallest absolute Gasteiger partial charge is 0.227 e. The molecule has 2 N–H and O–H groups in total. The predicted molar refractivity (Wildman–Crippen MR) is 93.6 cm³/mol. The number of piperidine rings is 1. The van der Waals surface area contributed by atoms with Crippen LogP contribution in [0, 0.1) is 5.41 Å². The number of nitrogens with one attached hydrogen (secondary N) is 2. The molecular weight excluding hydrogens is 316 g/mol. The highest BCUT2D eigenvalue weighted by atomic mass is 35.5. The van der Waals surface area contributed by atoms with Crippen molar-refractivity contribution in [1.29, 1.82) is 0 Å². The van der Waals surface area contributed by atoms with Gasteiger partial charge in [0, 0.05) is 12.6 Å². The predicted octanol–water partition coefficient (Wildman–Crippen LogP) is 2.39. The summed E-state index contributed by atoms with van der Waals surface area (Å²) in [5.41, 5.74) is -0.312. The van der Waals surface area contributed by atoms with Gasteiger partial charge in [-0.15, -0.1) is 12.4 Å². The van der Waals surface area contributed by atoms with Crippen LogP contribution in [0.25, 0.3) is 0 Å². The number of methoxy groups -OCH3 is 1. The summed E-state index contributed by atoms with van der Waals surface area (Å²) in [5, 5.41) is 6.30. The lowest BCUT2D eigenvalue weighted by Crippen LogP contribution is -2.50. The highest BCUT2D eigenvalue weighted by molar-refractivity contribution is 5.85. The van der Waals surface area contributed by atoms with E-state index >= 15 is 0 Å². The Kier molecular flexibility index (Phi) is 7.65. The number of halogens is 1. The van der Waals surface area contributed by atoms with Gasteiger partial charge >= 0.3 is 0 Å². The Labute approximate surface area is 144 Å². The summed E-state index contributed by atoms with van der Waals surface area (Å²) in [4.78, 5) is 12.4. The molecule has 0 aliphatic carbocycles. The summed E-state index contributed by atoms with van der Waals surface area (Å²) in [6, 6.07) is 7.47. The van der Waals surface area contributed by atoms with Crippen LogP contribution in [-0.2, 0) is 4.79 Å². The minimum atomic E-state index is -0.312. The molecule has 2 rings (SSSR count). The zero-order valence-electron chi connectivity index (χ0n) is 14.1. The third-order valence-electron chi connectivity index (χ3n) is 4.07. The fraction of sp³-hybridized carbons (Fsp3) is 0.588. The molecule has 0 spiro atoms. The standard InChI is InChI=1S/C17H26N2O3.ClH/c1-13(22-15-7-4-6-14(10-15)21-3)11-19-16(20)17(2)8-5-9-18-12-17;/h4,6-7,10,13,18H,5,8-9,11-12H2,1-3H3,(H,19,20);1H. The van der Waals surface area contributed by atoms with Crippen LogP contribution in [0.1, 0.15) is 26.7 Å². The van der Waals surface area contributed by atoms with Crippen molar-refractivity contribution in [3.63, 3.8) is 0 Å². The van der Waals surface area contributed by atoms with Gasteiger partial charge in [0.1, 0.15) is 17.6 Å². The van der Waals surface area contributed by atoms with E-state index < -0.39 is 0 Å². The molecule has 1 amide bonds. The van der Waals surface area contributed by atoms with Crippen molar-refractivity contribution < 1.29 is 14.3 Å². The molecule has 0 aromatic heterocycles. The van der Waals surface area contributed by atoms with Gasteiger partial charge in [-0.3, -0.25) is 4.79 Å². The molecule has 2 unspecified atom stereocenters. The highest BCUT2D eigenvalue weighted by Gasteiger charge is 2.34. The Hall–Kier alpha value is -1.46. The van der Waals surface area contributed by atoms with Gasteiger partial charge in [-0.1, -0.05) is 6.07 Å². The van der Waals surface area contributed by atoms with Crippen molar-refractivity contribution in [1.82, 2.24) is 10.6 Å². The Morgan fingerprint density at radius 1 is 1.43 bits per heavy atom. The van der Waals surface area contributed by atoms with E-state index in [1.54, 1.807) is 7.11 Å². The second kappa shape index (κ2) is 8.99. The van der Waals surface area contributed by atoms with Crippen LogP contribution in [0.5, 0.6) is 11.5 Å². The van der Waals surface area contributed by atoms with Gasteiger partial charge in [-0.05, 0) is 45.4 Å². The van der Waals surface area contributed by atoms with E-state index in [2.05, 4.69) is 10.6 Å². The van der Waals surface area contributed by atoms with Crippen molar-refractivity contribution in [2.24, 2.45) is 5.41 Å². The summed E-state index contributed by atoms with van der Waals surface area (Å²) in [7, 11) is 1.63. The number of hydrogen-bond donors (Lipinski definition) is 2. The van der Waals surface area contributed by atoms with Crippen LogP contribution in [0.4, 0.5) is 0 Å². The number of rotatable bonds is 6. The molecule has 0 radical (unpaired) electrons. The van der Waals surface area contributed by atoms with E-state index in [-0.39, 0.29) is 29.8 Å². The fourth-order valence-corrected chi connectivity index (χ4v) is 2.65. The lowest BCUT2D eigenvalue weighted by molar-refractivity contribution is -0.131. The van der Waals surface area contributed by atoms with E-state index in [0.29, 0.717) is 6.54 Å². The third kappa shape index (κ3) is 5.59. The molecule has 130 valence electrons. The van der Waals surface area contributed by atoms with E-state index in [1.165, 1.54) is 0 Å².